The van der Waals surface area contributed by atoms with Crippen molar-refractivity contribution in [2.24, 2.45) is 0 Å². The molecule has 1 amide bonds. The Labute approximate surface area is 147 Å². The lowest BCUT2D eigenvalue weighted by atomic mass is 10.1. The molecule has 0 aliphatic carbocycles. The molecule has 132 valence electrons. The molecule has 0 unspecified atom stereocenters. The van der Waals surface area contributed by atoms with E-state index in [4.69, 9.17) is 4.74 Å². The van der Waals surface area contributed by atoms with Crippen LogP contribution in [-0.4, -0.2) is 53.7 Å². The van der Waals surface area contributed by atoms with Crippen LogP contribution in [0.3, 0.4) is 0 Å². The number of pyridine rings is 1. The van der Waals surface area contributed by atoms with E-state index in [1.54, 1.807) is 12.4 Å². The first-order valence-electron chi connectivity index (χ1n) is 8.54. The number of amides is 1. The topological polar surface area (TPSA) is 65.9 Å². The van der Waals surface area contributed by atoms with Crippen LogP contribution in [0.1, 0.15) is 22.8 Å². The molecule has 6 heteroatoms. The Hall–Kier alpha value is -2.60. The standard InChI is InChI=1S/C19H23N3O3/c1-2-25-18-6-4-3-5-16(18)19(24)22-11-9-21(10-12-22)17-7-8-20-13-15(17)14-23/h3-8,13,23H,2,9-12,14H2,1H3. The third kappa shape index (κ3) is 3.74. The third-order valence-electron chi connectivity index (χ3n) is 4.37. The minimum absolute atomic E-state index is 0.000750. The molecule has 0 radical (unpaired) electrons. The normalized spacial score (nSPS) is 14.5. The summed E-state index contributed by atoms with van der Waals surface area (Å²) < 4.78 is 5.58. The van der Waals surface area contributed by atoms with Gasteiger partial charge < -0.3 is 19.6 Å². The quantitative estimate of drug-likeness (QED) is 0.900. The highest BCUT2D eigenvalue weighted by molar-refractivity contribution is 5.97. The van der Waals surface area contributed by atoms with Crippen molar-refractivity contribution < 1.29 is 14.6 Å². The van der Waals surface area contributed by atoms with Gasteiger partial charge in [0.25, 0.3) is 5.91 Å². The summed E-state index contributed by atoms with van der Waals surface area (Å²) in [4.78, 5) is 20.9. The molecule has 0 spiro atoms. The number of carbonyl (C=O) groups is 1. The van der Waals surface area contributed by atoms with Gasteiger partial charge in [-0.2, -0.15) is 0 Å². The Morgan fingerprint density at radius 2 is 1.96 bits per heavy atom. The lowest BCUT2D eigenvalue weighted by molar-refractivity contribution is 0.0742. The fourth-order valence-corrected chi connectivity index (χ4v) is 3.10. The fourth-order valence-electron chi connectivity index (χ4n) is 3.10. The van der Waals surface area contributed by atoms with E-state index in [0.717, 1.165) is 24.3 Å². The maximum absolute atomic E-state index is 12.8. The van der Waals surface area contributed by atoms with Crippen LogP contribution in [0, 0.1) is 0 Å². The number of hydrogen-bond acceptors (Lipinski definition) is 5. The molecule has 1 aromatic carbocycles. The molecule has 1 saturated heterocycles. The number of ether oxygens (including phenoxy) is 1. The minimum atomic E-state index is -0.0376. The predicted molar refractivity (Wildman–Crippen MR) is 95.9 cm³/mol. The van der Waals surface area contributed by atoms with Crippen LogP contribution >= 0.6 is 0 Å². The summed E-state index contributed by atoms with van der Waals surface area (Å²) in [5, 5.41) is 9.47. The number of aromatic nitrogens is 1. The molecule has 25 heavy (non-hydrogen) atoms. The summed E-state index contributed by atoms with van der Waals surface area (Å²) in [7, 11) is 0. The number of carbonyl (C=O) groups excluding carboxylic acids is 1. The highest BCUT2D eigenvalue weighted by atomic mass is 16.5. The van der Waals surface area contributed by atoms with Crippen molar-refractivity contribution in [2.75, 3.05) is 37.7 Å². The Balaban J connectivity index is 1.69. The molecule has 6 nitrogen and oxygen atoms in total. The molecular formula is C19H23N3O3. The van der Waals surface area contributed by atoms with Crippen LogP contribution in [-0.2, 0) is 6.61 Å². The molecule has 1 N–H and O–H groups in total. The van der Waals surface area contributed by atoms with Crippen molar-refractivity contribution >= 4 is 11.6 Å². The van der Waals surface area contributed by atoms with E-state index >= 15 is 0 Å². The van der Waals surface area contributed by atoms with Gasteiger partial charge in [-0.05, 0) is 25.1 Å². The maximum atomic E-state index is 12.8. The van der Waals surface area contributed by atoms with Crippen molar-refractivity contribution in [1.82, 2.24) is 9.88 Å². The monoisotopic (exact) mass is 341 g/mol. The first kappa shape index (κ1) is 17.2. The molecule has 1 fully saturated rings. The molecule has 1 aromatic heterocycles. The van der Waals surface area contributed by atoms with E-state index in [-0.39, 0.29) is 12.5 Å². The van der Waals surface area contributed by atoms with Gasteiger partial charge in [0, 0.05) is 49.8 Å². The van der Waals surface area contributed by atoms with Crippen molar-refractivity contribution in [3.8, 4) is 5.75 Å². The third-order valence-corrected chi connectivity index (χ3v) is 4.37. The van der Waals surface area contributed by atoms with Crippen molar-refractivity contribution in [3.63, 3.8) is 0 Å². The van der Waals surface area contributed by atoms with Crippen molar-refractivity contribution in [3.05, 3.63) is 53.9 Å². The van der Waals surface area contributed by atoms with E-state index in [1.165, 1.54) is 0 Å². The summed E-state index contributed by atoms with van der Waals surface area (Å²) in [6.45, 7) is 5.11. The number of piperazine rings is 1. The molecule has 2 aromatic rings. The number of aliphatic hydroxyl groups excluding tert-OH is 1. The predicted octanol–water partition coefficient (Wildman–Crippen LogP) is 1.93. The molecule has 0 bridgehead atoms. The van der Waals surface area contributed by atoms with Crippen LogP contribution in [0.15, 0.2) is 42.7 Å². The fraction of sp³-hybridized carbons (Fsp3) is 0.368. The van der Waals surface area contributed by atoms with Crippen LogP contribution in [0.25, 0.3) is 0 Å². The molecule has 3 rings (SSSR count). The summed E-state index contributed by atoms with van der Waals surface area (Å²) in [5.41, 5.74) is 2.40. The van der Waals surface area contributed by atoms with Crippen LogP contribution in [0.4, 0.5) is 5.69 Å². The summed E-state index contributed by atoms with van der Waals surface area (Å²) in [5.74, 6) is 0.634. The van der Waals surface area contributed by atoms with Gasteiger partial charge in [0.2, 0.25) is 0 Å². The SMILES string of the molecule is CCOc1ccccc1C(=O)N1CCN(c2ccncc2CO)CC1. The lowest BCUT2D eigenvalue weighted by Crippen LogP contribution is -2.49. The number of rotatable bonds is 5. The molecular weight excluding hydrogens is 318 g/mol. The zero-order valence-corrected chi connectivity index (χ0v) is 14.4. The Morgan fingerprint density at radius 1 is 1.20 bits per heavy atom. The summed E-state index contributed by atoms with van der Waals surface area (Å²) in [6.07, 6.45) is 3.41. The number of para-hydroxylation sites is 1. The molecule has 0 saturated carbocycles. The number of hydrogen-bond donors (Lipinski definition) is 1. The smallest absolute Gasteiger partial charge is 0.257 e. The second kappa shape index (κ2) is 7.98. The van der Waals surface area contributed by atoms with Crippen LogP contribution in [0.2, 0.25) is 0 Å². The van der Waals surface area contributed by atoms with Gasteiger partial charge in [-0.25, -0.2) is 0 Å². The Morgan fingerprint density at radius 3 is 2.68 bits per heavy atom. The minimum Gasteiger partial charge on any atom is -0.493 e. The zero-order chi connectivity index (χ0) is 17.6. The molecule has 2 heterocycles. The number of nitrogens with zero attached hydrogens (tertiary/aromatic N) is 3. The van der Waals surface area contributed by atoms with Gasteiger partial charge >= 0.3 is 0 Å². The largest absolute Gasteiger partial charge is 0.493 e. The molecule has 1 aliphatic rings. The Kier molecular flexibility index (Phi) is 5.50. The van der Waals surface area contributed by atoms with Gasteiger partial charge in [0.05, 0.1) is 18.8 Å². The van der Waals surface area contributed by atoms with Crippen molar-refractivity contribution in [1.29, 1.82) is 0 Å². The van der Waals surface area contributed by atoms with Crippen molar-refractivity contribution in [2.45, 2.75) is 13.5 Å². The Bertz CT molecular complexity index is 727. The van der Waals surface area contributed by atoms with E-state index in [1.807, 2.05) is 42.2 Å². The van der Waals surface area contributed by atoms with Gasteiger partial charge in [-0.1, -0.05) is 12.1 Å². The lowest BCUT2D eigenvalue weighted by Gasteiger charge is -2.37. The first-order chi connectivity index (χ1) is 12.2. The van der Waals surface area contributed by atoms with Crippen LogP contribution in [0.5, 0.6) is 5.75 Å². The second-order valence-corrected chi connectivity index (χ2v) is 5.87. The van der Waals surface area contributed by atoms with E-state index < -0.39 is 0 Å². The molecule has 1 aliphatic heterocycles. The van der Waals surface area contributed by atoms with Gasteiger partial charge in [0.1, 0.15) is 5.75 Å². The van der Waals surface area contributed by atoms with Crippen LogP contribution < -0.4 is 9.64 Å². The average molecular weight is 341 g/mol. The maximum Gasteiger partial charge on any atom is 0.257 e. The summed E-state index contributed by atoms with van der Waals surface area (Å²) >= 11 is 0. The first-order valence-corrected chi connectivity index (χ1v) is 8.54. The molecule has 0 atom stereocenters. The van der Waals surface area contributed by atoms with E-state index in [0.29, 0.717) is 31.0 Å². The summed E-state index contributed by atoms with van der Waals surface area (Å²) in [6, 6.07) is 9.29. The second-order valence-electron chi connectivity index (χ2n) is 5.87. The van der Waals surface area contributed by atoms with Gasteiger partial charge in [0.15, 0.2) is 0 Å². The zero-order valence-electron chi connectivity index (χ0n) is 14.4. The highest BCUT2D eigenvalue weighted by Gasteiger charge is 2.25. The van der Waals surface area contributed by atoms with Gasteiger partial charge in [-0.3, -0.25) is 9.78 Å². The van der Waals surface area contributed by atoms with E-state index in [9.17, 15) is 9.90 Å². The number of aliphatic hydroxyl groups is 1. The highest BCUT2D eigenvalue weighted by Crippen LogP contribution is 2.23. The van der Waals surface area contributed by atoms with Gasteiger partial charge in [-0.15, -0.1) is 0 Å². The number of benzene rings is 1. The number of anilines is 1. The average Bonchev–Trinajstić information content (AvgIpc) is 2.68. The van der Waals surface area contributed by atoms with E-state index in [2.05, 4.69) is 9.88 Å².